The fourth-order valence-electron chi connectivity index (χ4n) is 3.50. The van der Waals surface area contributed by atoms with Crippen LogP contribution in [-0.4, -0.2) is 67.9 Å². The molecule has 2 aromatic heterocycles. The van der Waals surface area contributed by atoms with Crippen LogP contribution in [0.5, 0.6) is 0 Å². The summed E-state index contributed by atoms with van der Waals surface area (Å²) in [6.45, 7) is 10.5. The monoisotopic (exact) mass is 499 g/mol. The lowest BCUT2D eigenvalue weighted by atomic mass is 10.2. The zero-order chi connectivity index (χ0) is 22.4. The maximum atomic E-state index is 13.4. The van der Waals surface area contributed by atoms with Gasteiger partial charge in [0.15, 0.2) is 5.15 Å². The molecule has 1 aliphatic rings. The quantitative estimate of drug-likeness (QED) is 0.626. The van der Waals surface area contributed by atoms with Crippen molar-refractivity contribution in [1.82, 2.24) is 24.2 Å². The van der Waals surface area contributed by atoms with Gasteiger partial charge in [-0.2, -0.15) is 0 Å². The van der Waals surface area contributed by atoms with Crippen molar-refractivity contribution >= 4 is 45.0 Å². The van der Waals surface area contributed by atoms with E-state index in [1.165, 1.54) is 6.20 Å². The maximum Gasteiger partial charge on any atom is 0.410 e. The number of aromatic nitrogens is 3. The zero-order valence-corrected chi connectivity index (χ0v) is 20.4. The highest BCUT2D eigenvalue weighted by Crippen LogP contribution is 2.30. The molecule has 3 rings (SSSR count). The van der Waals surface area contributed by atoms with Gasteiger partial charge in [0.25, 0.3) is 5.91 Å². The minimum absolute atomic E-state index is 0.0771. The molecule has 30 heavy (non-hydrogen) atoms. The van der Waals surface area contributed by atoms with Crippen molar-refractivity contribution in [1.29, 1.82) is 0 Å². The molecule has 8 nitrogen and oxygen atoms in total. The van der Waals surface area contributed by atoms with E-state index in [9.17, 15) is 9.59 Å². The van der Waals surface area contributed by atoms with Gasteiger partial charge in [-0.3, -0.25) is 9.20 Å². The van der Waals surface area contributed by atoms with Gasteiger partial charge in [0, 0.05) is 26.1 Å². The maximum absolute atomic E-state index is 13.4. The average molecular weight is 501 g/mol. The topological polar surface area (TPSA) is 80.0 Å². The first kappa shape index (κ1) is 22.8. The van der Waals surface area contributed by atoms with Crippen molar-refractivity contribution in [2.45, 2.75) is 58.6 Å². The third-order valence-corrected chi connectivity index (χ3v) is 5.85. The first-order valence-corrected chi connectivity index (χ1v) is 11.0. The van der Waals surface area contributed by atoms with Crippen LogP contribution in [0.4, 0.5) is 4.79 Å². The van der Waals surface area contributed by atoms with E-state index in [1.54, 1.807) is 21.2 Å². The van der Waals surface area contributed by atoms with E-state index in [0.717, 1.165) is 5.82 Å². The van der Waals surface area contributed by atoms with Crippen LogP contribution in [0.2, 0.25) is 5.15 Å². The fraction of sp³-hybridized carbons (Fsp3) is 0.600. The lowest BCUT2D eigenvalue weighted by molar-refractivity contribution is 0.0279. The minimum atomic E-state index is -0.556. The Hall–Kier alpha value is -1.87. The van der Waals surface area contributed by atoms with Gasteiger partial charge in [-0.1, -0.05) is 25.4 Å². The highest BCUT2D eigenvalue weighted by atomic mass is 79.9. The second-order valence-corrected chi connectivity index (χ2v) is 9.93. The van der Waals surface area contributed by atoms with Gasteiger partial charge in [0.1, 0.15) is 27.2 Å². The molecule has 0 spiro atoms. The Morgan fingerprint density at radius 1 is 1.37 bits per heavy atom. The summed E-state index contributed by atoms with van der Waals surface area (Å²) in [7, 11) is 1.74. The smallest absolute Gasteiger partial charge is 0.410 e. The van der Waals surface area contributed by atoms with E-state index in [0.29, 0.717) is 35.3 Å². The van der Waals surface area contributed by atoms with Gasteiger partial charge in [-0.15, -0.1) is 0 Å². The number of carbonyl (C=O) groups is 2. The molecule has 0 aromatic carbocycles. The van der Waals surface area contributed by atoms with Crippen molar-refractivity contribution in [2.75, 3.05) is 20.1 Å². The molecule has 1 saturated heterocycles. The molecule has 2 aromatic rings. The standard InChI is InChI=1S/C20H27BrClN5O3/c1-11(2)17-24-15(21)14-16(22)23-9-13(27(14)17)18(28)25(6)12-7-8-26(10-12)19(29)30-20(3,4)5/h9,11-12H,7-8,10H2,1-6H3. The van der Waals surface area contributed by atoms with Crippen LogP contribution in [0.3, 0.4) is 0 Å². The molecular weight excluding hydrogens is 474 g/mol. The third-order valence-electron chi connectivity index (χ3n) is 5.02. The van der Waals surface area contributed by atoms with Crippen LogP contribution in [-0.2, 0) is 4.74 Å². The average Bonchev–Trinajstić information content (AvgIpc) is 3.25. The van der Waals surface area contributed by atoms with E-state index in [4.69, 9.17) is 16.3 Å². The number of imidazole rings is 1. The SMILES string of the molecule is CC(C)c1nc(Br)c2c(Cl)ncc(C(=O)N(C)C3CCN(C(=O)OC(C)(C)C)C3)n12. The fourth-order valence-corrected chi connectivity index (χ4v) is 4.39. The molecule has 0 aliphatic carbocycles. The number of fused-ring (bicyclic) bond motifs is 1. The number of halogens is 2. The van der Waals surface area contributed by atoms with Crippen LogP contribution in [0.1, 0.15) is 63.3 Å². The van der Waals surface area contributed by atoms with Crippen LogP contribution >= 0.6 is 27.5 Å². The summed E-state index contributed by atoms with van der Waals surface area (Å²) in [6, 6.07) is -0.120. The van der Waals surface area contributed by atoms with Gasteiger partial charge >= 0.3 is 6.09 Å². The second-order valence-electron chi connectivity index (χ2n) is 8.82. The highest BCUT2D eigenvalue weighted by Gasteiger charge is 2.34. The van der Waals surface area contributed by atoms with Crippen molar-refractivity contribution < 1.29 is 14.3 Å². The summed E-state index contributed by atoms with van der Waals surface area (Å²) in [4.78, 5) is 37.8. The third kappa shape index (κ3) is 4.42. The number of rotatable bonds is 3. The molecule has 2 amide bonds. The van der Waals surface area contributed by atoms with Crippen LogP contribution in [0.25, 0.3) is 5.52 Å². The molecule has 0 N–H and O–H groups in total. The molecule has 164 valence electrons. The molecule has 0 saturated carbocycles. The molecule has 1 unspecified atom stereocenters. The first-order valence-electron chi connectivity index (χ1n) is 9.88. The van der Waals surface area contributed by atoms with Crippen molar-refractivity contribution in [3.05, 3.63) is 27.5 Å². The van der Waals surface area contributed by atoms with E-state index >= 15 is 0 Å². The Morgan fingerprint density at radius 2 is 2.03 bits per heavy atom. The molecule has 3 heterocycles. The summed E-state index contributed by atoms with van der Waals surface area (Å²) in [5.41, 5.74) is 0.399. The van der Waals surface area contributed by atoms with Crippen molar-refractivity contribution in [3.63, 3.8) is 0 Å². The number of hydrogen-bond donors (Lipinski definition) is 0. The zero-order valence-electron chi connectivity index (χ0n) is 18.1. The summed E-state index contributed by atoms with van der Waals surface area (Å²) in [5.74, 6) is 0.597. The molecular formula is C20H27BrClN5O3. The Bertz CT molecular complexity index is 985. The van der Waals surface area contributed by atoms with E-state index < -0.39 is 5.60 Å². The number of hydrogen-bond acceptors (Lipinski definition) is 5. The number of carbonyl (C=O) groups excluding carboxylic acids is 2. The van der Waals surface area contributed by atoms with Crippen LogP contribution in [0, 0.1) is 0 Å². The summed E-state index contributed by atoms with van der Waals surface area (Å²) in [6.07, 6.45) is 1.80. The Labute approximate surface area is 189 Å². The van der Waals surface area contributed by atoms with Crippen LogP contribution in [0.15, 0.2) is 10.8 Å². The lowest BCUT2D eigenvalue weighted by Crippen LogP contribution is -2.42. The van der Waals surface area contributed by atoms with Gasteiger partial charge < -0.3 is 14.5 Å². The van der Waals surface area contributed by atoms with Gasteiger partial charge in [0.2, 0.25) is 0 Å². The minimum Gasteiger partial charge on any atom is -0.444 e. The van der Waals surface area contributed by atoms with E-state index in [-0.39, 0.29) is 29.1 Å². The summed E-state index contributed by atoms with van der Waals surface area (Å²) in [5, 5.41) is 0.275. The van der Waals surface area contributed by atoms with E-state index in [1.807, 2.05) is 34.6 Å². The largest absolute Gasteiger partial charge is 0.444 e. The Morgan fingerprint density at radius 3 is 2.63 bits per heavy atom. The predicted octanol–water partition coefficient (Wildman–Crippen LogP) is 4.35. The first-order chi connectivity index (χ1) is 13.9. The highest BCUT2D eigenvalue weighted by molar-refractivity contribution is 9.10. The molecule has 0 radical (unpaired) electrons. The second kappa shape index (κ2) is 8.34. The van der Waals surface area contributed by atoms with Gasteiger partial charge in [0.05, 0.1) is 12.2 Å². The Balaban J connectivity index is 1.86. The number of nitrogens with zero attached hydrogens (tertiary/aromatic N) is 5. The van der Waals surface area contributed by atoms with Crippen molar-refractivity contribution in [3.8, 4) is 0 Å². The summed E-state index contributed by atoms with van der Waals surface area (Å²) < 4.78 is 7.77. The molecule has 1 atom stereocenters. The van der Waals surface area contributed by atoms with Gasteiger partial charge in [-0.05, 0) is 43.1 Å². The Kier molecular flexibility index (Phi) is 6.34. The van der Waals surface area contributed by atoms with Gasteiger partial charge in [-0.25, -0.2) is 14.8 Å². The van der Waals surface area contributed by atoms with Crippen molar-refractivity contribution in [2.24, 2.45) is 0 Å². The molecule has 10 heteroatoms. The molecule has 1 fully saturated rings. The number of likely N-dealkylation sites (tertiary alicyclic amines) is 1. The number of likely N-dealkylation sites (N-methyl/N-ethyl adjacent to an activating group) is 1. The number of ether oxygens (including phenoxy) is 1. The molecule has 1 aliphatic heterocycles. The van der Waals surface area contributed by atoms with E-state index in [2.05, 4.69) is 25.9 Å². The number of amides is 2. The van der Waals surface area contributed by atoms with Crippen LogP contribution < -0.4 is 0 Å². The predicted molar refractivity (Wildman–Crippen MR) is 118 cm³/mol. The molecule has 0 bridgehead atoms. The lowest BCUT2D eigenvalue weighted by Gasteiger charge is -2.27. The normalized spacial score (nSPS) is 17.1. The summed E-state index contributed by atoms with van der Waals surface area (Å²) >= 11 is 9.72.